The van der Waals surface area contributed by atoms with Crippen molar-refractivity contribution in [3.8, 4) is 5.75 Å². The van der Waals surface area contributed by atoms with Crippen molar-refractivity contribution in [1.29, 1.82) is 0 Å². The molecule has 0 aromatic heterocycles. The number of hydrogen-bond donors (Lipinski definition) is 2. The number of carboxylic acid groups (broad SMARTS) is 1. The molecular weight excluding hydrogens is 256 g/mol. The molecule has 0 radical (unpaired) electrons. The summed E-state index contributed by atoms with van der Waals surface area (Å²) in [5, 5.41) is 18.7. The van der Waals surface area contributed by atoms with Crippen LogP contribution in [0.5, 0.6) is 5.75 Å². The molecule has 0 saturated heterocycles. The molecule has 2 N–H and O–H groups in total. The van der Waals surface area contributed by atoms with E-state index in [9.17, 15) is 18.3 Å². The molecule has 1 aromatic rings. The van der Waals surface area contributed by atoms with Crippen LogP contribution in [0.1, 0.15) is 19.4 Å². The second-order valence-corrected chi connectivity index (χ2v) is 6.94. The molecular formula is C12H16O5S. The van der Waals surface area contributed by atoms with E-state index in [2.05, 4.69) is 0 Å². The summed E-state index contributed by atoms with van der Waals surface area (Å²) in [7, 11) is -3.38. The molecule has 1 aromatic carbocycles. The first-order valence-corrected chi connectivity index (χ1v) is 7.18. The predicted molar refractivity (Wildman–Crippen MR) is 66.3 cm³/mol. The Bertz CT molecular complexity index is 572. The summed E-state index contributed by atoms with van der Waals surface area (Å²) in [4.78, 5) is 11.0. The highest BCUT2D eigenvalue weighted by Gasteiger charge is 2.28. The second kappa shape index (κ2) is 4.61. The van der Waals surface area contributed by atoms with Gasteiger partial charge in [-0.3, -0.25) is 4.79 Å². The number of hydrogen-bond acceptors (Lipinski definition) is 4. The SMILES string of the molecule is CC(C)(Cc1ccc(S(C)(=O)=O)cc1O)C(=O)O. The molecule has 18 heavy (non-hydrogen) atoms. The topological polar surface area (TPSA) is 91.7 Å². The van der Waals surface area contributed by atoms with Crippen molar-refractivity contribution in [1.82, 2.24) is 0 Å². The molecule has 0 bridgehead atoms. The van der Waals surface area contributed by atoms with Gasteiger partial charge >= 0.3 is 5.97 Å². The molecule has 0 fully saturated rings. The first-order chi connectivity index (χ1) is 8.04. The van der Waals surface area contributed by atoms with Gasteiger partial charge in [-0.05, 0) is 38.0 Å². The summed E-state index contributed by atoms with van der Waals surface area (Å²) < 4.78 is 22.6. The summed E-state index contributed by atoms with van der Waals surface area (Å²) in [5.74, 6) is -1.18. The molecule has 0 aliphatic rings. The number of rotatable bonds is 4. The van der Waals surface area contributed by atoms with E-state index in [1.807, 2.05) is 0 Å². The number of benzene rings is 1. The highest BCUT2D eigenvalue weighted by Crippen LogP contribution is 2.29. The van der Waals surface area contributed by atoms with E-state index in [-0.39, 0.29) is 17.1 Å². The first kappa shape index (κ1) is 14.5. The Kier molecular flexibility index (Phi) is 3.71. The fraction of sp³-hybridized carbons (Fsp3) is 0.417. The number of phenolic OH excluding ortho intramolecular Hbond substituents is 1. The molecule has 0 amide bonds. The maximum atomic E-state index is 11.3. The molecule has 0 unspecified atom stereocenters. The fourth-order valence-corrected chi connectivity index (χ4v) is 2.12. The van der Waals surface area contributed by atoms with Crippen molar-refractivity contribution in [3.05, 3.63) is 23.8 Å². The summed E-state index contributed by atoms with van der Waals surface area (Å²) in [6.45, 7) is 3.08. The Hall–Kier alpha value is -1.56. The van der Waals surface area contributed by atoms with Gasteiger partial charge in [-0.15, -0.1) is 0 Å². The Labute approximate surface area is 106 Å². The van der Waals surface area contributed by atoms with Crippen molar-refractivity contribution in [2.24, 2.45) is 5.41 Å². The zero-order valence-electron chi connectivity index (χ0n) is 10.5. The molecule has 100 valence electrons. The van der Waals surface area contributed by atoms with Crippen LogP contribution in [-0.2, 0) is 21.1 Å². The van der Waals surface area contributed by atoms with Crippen molar-refractivity contribution in [3.63, 3.8) is 0 Å². The van der Waals surface area contributed by atoms with Gasteiger partial charge in [-0.25, -0.2) is 8.42 Å². The number of aromatic hydroxyl groups is 1. The van der Waals surface area contributed by atoms with Crippen molar-refractivity contribution in [2.75, 3.05) is 6.26 Å². The summed E-state index contributed by atoms with van der Waals surface area (Å²) in [6, 6.07) is 3.95. The van der Waals surface area contributed by atoms with Crippen molar-refractivity contribution >= 4 is 15.8 Å². The van der Waals surface area contributed by atoms with Crippen LogP contribution < -0.4 is 0 Å². The van der Waals surface area contributed by atoms with Crippen LogP contribution in [0.15, 0.2) is 23.1 Å². The number of carboxylic acids is 1. The lowest BCUT2D eigenvalue weighted by atomic mass is 9.85. The monoisotopic (exact) mass is 272 g/mol. The number of phenols is 1. The molecule has 0 spiro atoms. The molecule has 5 nitrogen and oxygen atoms in total. The smallest absolute Gasteiger partial charge is 0.309 e. The van der Waals surface area contributed by atoms with E-state index in [0.29, 0.717) is 5.56 Å². The van der Waals surface area contributed by atoms with Crippen LogP contribution in [0, 0.1) is 5.41 Å². The van der Waals surface area contributed by atoms with E-state index >= 15 is 0 Å². The zero-order chi connectivity index (χ0) is 14.1. The van der Waals surface area contributed by atoms with Crippen LogP contribution in [-0.4, -0.2) is 30.9 Å². The van der Waals surface area contributed by atoms with E-state index in [1.54, 1.807) is 13.8 Å². The average molecular weight is 272 g/mol. The lowest BCUT2D eigenvalue weighted by Gasteiger charge is -2.19. The fourth-order valence-electron chi connectivity index (χ4n) is 1.48. The second-order valence-electron chi connectivity index (χ2n) is 4.93. The van der Waals surface area contributed by atoms with Gasteiger partial charge in [0.15, 0.2) is 9.84 Å². The first-order valence-electron chi connectivity index (χ1n) is 5.29. The Morgan fingerprint density at radius 1 is 1.33 bits per heavy atom. The van der Waals surface area contributed by atoms with E-state index < -0.39 is 21.2 Å². The number of sulfone groups is 1. The zero-order valence-corrected chi connectivity index (χ0v) is 11.3. The Balaban J connectivity index is 3.12. The number of aliphatic carboxylic acids is 1. The van der Waals surface area contributed by atoms with Crippen molar-refractivity contribution < 1.29 is 23.4 Å². The van der Waals surface area contributed by atoms with Crippen LogP contribution >= 0.6 is 0 Å². The third kappa shape index (κ3) is 3.22. The van der Waals surface area contributed by atoms with E-state index in [0.717, 1.165) is 12.3 Å². The molecule has 0 saturated carbocycles. The minimum Gasteiger partial charge on any atom is -0.508 e. The molecule has 0 aliphatic carbocycles. The third-order valence-electron chi connectivity index (χ3n) is 2.70. The van der Waals surface area contributed by atoms with Gasteiger partial charge in [0, 0.05) is 6.26 Å². The standard InChI is InChI=1S/C12H16O5S/c1-12(2,11(14)15)7-8-4-5-9(6-10(8)13)18(3,16)17/h4-6,13H,7H2,1-3H3,(H,14,15). The Morgan fingerprint density at radius 2 is 1.89 bits per heavy atom. The minimum atomic E-state index is -3.38. The van der Waals surface area contributed by atoms with Gasteiger partial charge < -0.3 is 10.2 Å². The highest BCUT2D eigenvalue weighted by molar-refractivity contribution is 7.90. The predicted octanol–water partition coefficient (Wildman–Crippen LogP) is 1.45. The van der Waals surface area contributed by atoms with E-state index in [1.165, 1.54) is 12.1 Å². The lowest BCUT2D eigenvalue weighted by molar-refractivity contribution is -0.146. The molecule has 0 atom stereocenters. The molecule has 0 aliphatic heterocycles. The maximum absolute atomic E-state index is 11.3. The molecule has 6 heteroatoms. The van der Waals surface area contributed by atoms with Crippen LogP contribution in [0.25, 0.3) is 0 Å². The van der Waals surface area contributed by atoms with Gasteiger partial charge in [-0.2, -0.15) is 0 Å². The summed E-state index contributed by atoms with van der Waals surface area (Å²) in [5.41, 5.74) is -0.612. The third-order valence-corrected chi connectivity index (χ3v) is 3.81. The normalized spacial score (nSPS) is 12.4. The minimum absolute atomic E-state index is 0.0110. The Morgan fingerprint density at radius 3 is 2.28 bits per heavy atom. The van der Waals surface area contributed by atoms with Gasteiger partial charge in [0.25, 0.3) is 0 Å². The molecule has 0 heterocycles. The van der Waals surface area contributed by atoms with Gasteiger partial charge in [0.05, 0.1) is 10.3 Å². The van der Waals surface area contributed by atoms with E-state index in [4.69, 9.17) is 5.11 Å². The van der Waals surface area contributed by atoms with Crippen molar-refractivity contribution in [2.45, 2.75) is 25.2 Å². The van der Waals surface area contributed by atoms with Crippen LogP contribution in [0.3, 0.4) is 0 Å². The van der Waals surface area contributed by atoms with Crippen LogP contribution in [0.4, 0.5) is 0 Å². The summed E-state index contributed by atoms with van der Waals surface area (Å²) in [6.07, 6.45) is 1.17. The number of carbonyl (C=O) groups is 1. The quantitative estimate of drug-likeness (QED) is 0.865. The summed E-state index contributed by atoms with van der Waals surface area (Å²) >= 11 is 0. The van der Waals surface area contributed by atoms with Gasteiger partial charge in [0.2, 0.25) is 0 Å². The van der Waals surface area contributed by atoms with Gasteiger partial charge in [0.1, 0.15) is 5.75 Å². The lowest BCUT2D eigenvalue weighted by Crippen LogP contribution is -2.26. The average Bonchev–Trinajstić information content (AvgIpc) is 2.19. The van der Waals surface area contributed by atoms with Crippen LogP contribution in [0.2, 0.25) is 0 Å². The molecule has 1 rings (SSSR count). The van der Waals surface area contributed by atoms with Gasteiger partial charge in [-0.1, -0.05) is 6.07 Å². The highest BCUT2D eigenvalue weighted by atomic mass is 32.2. The maximum Gasteiger partial charge on any atom is 0.309 e. The largest absolute Gasteiger partial charge is 0.508 e.